The number of carbonyl (C=O) groups is 2. The molecule has 3 aliphatic rings. The lowest BCUT2D eigenvalue weighted by molar-refractivity contribution is -0.212. The first-order valence-corrected chi connectivity index (χ1v) is 16.9. The fraction of sp³-hybridized carbons (Fsp3) is 0.567. The fourth-order valence-corrected chi connectivity index (χ4v) is 6.41. The zero-order valence-electron chi connectivity index (χ0n) is 25.0. The van der Waals surface area contributed by atoms with E-state index in [1.807, 2.05) is 44.2 Å². The molecule has 44 heavy (non-hydrogen) atoms. The first kappa shape index (κ1) is 33.7. The molecule has 0 radical (unpaired) electrons. The van der Waals surface area contributed by atoms with Crippen molar-refractivity contribution < 1.29 is 35.9 Å². The van der Waals surface area contributed by atoms with Gasteiger partial charge in [0, 0.05) is 36.1 Å². The molecule has 3 fully saturated rings. The van der Waals surface area contributed by atoms with Crippen LogP contribution in [-0.4, -0.2) is 78.9 Å². The number of nitrogens with zero attached hydrogens (tertiary/aromatic N) is 2. The van der Waals surface area contributed by atoms with E-state index in [-0.39, 0.29) is 41.7 Å². The predicted molar refractivity (Wildman–Crippen MR) is 159 cm³/mol. The van der Waals surface area contributed by atoms with Crippen LogP contribution in [0.4, 0.5) is 19.0 Å². The minimum absolute atomic E-state index is 0.00228. The van der Waals surface area contributed by atoms with E-state index in [0.29, 0.717) is 6.42 Å². The SMILES string of the molecule is CC[C@H](C)N(NC(=O)c1ccnc(NCS(C)(=O)=O)c1)[C@@H](Cc1ccccc1)[C@@H](OC(=O)C(F)(F)F)[C@@H]1N[C@H]2CC[C@H]1CC2. The maximum Gasteiger partial charge on any atom is 0.490 e. The Hall–Kier alpha value is -3.23. The highest BCUT2D eigenvalue weighted by atomic mass is 32.2. The van der Waals surface area contributed by atoms with Crippen molar-refractivity contribution in [2.24, 2.45) is 5.92 Å². The van der Waals surface area contributed by atoms with Gasteiger partial charge < -0.3 is 15.4 Å². The highest BCUT2D eigenvalue weighted by Crippen LogP contribution is 2.37. The number of hydrogen-bond acceptors (Lipinski definition) is 9. The van der Waals surface area contributed by atoms with E-state index in [0.717, 1.165) is 37.5 Å². The number of rotatable bonds is 13. The number of carbonyl (C=O) groups excluding carboxylic acids is 2. The zero-order valence-corrected chi connectivity index (χ0v) is 25.8. The zero-order chi connectivity index (χ0) is 32.1. The highest BCUT2D eigenvalue weighted by molar-refractivity contribution is 7.90. The average Bonchev–Trinajstić information content (AvgIpc) is 3.00. The normalized spacial score (nSPS) is 22.2. The maximum absolute atomic E-state index is 13.7. The van der Waals surface area contributed by atoms with E-state index in [1.54, 1.807) is 5.01 Å². The molecule has 0 unspecified atom stereocenters. The molecule has 3 N–H and O–H groups in total. The number of nitrogens with one attached hydrogen (secondary N) is 3. The lowest BCUT2D eigenvalue weighted by Crippen LogP contribution is -2.67. The van der Waals surface area contributed by atoms with Crippen LogP contribution in [0.5, 0.6) is 0 Å². The van der Waals surface area contributed by atoms with Gasteiger partial charge in [0.15, 0.2) is 9.84 Å². The number of anilines is 1. The number of benzene rings is 1. The summed E-state index contributed by atoms with van der Waals surface area (Å²) in [6.45, 7) is 3.73. The quantitative estimate of drug-likeness (QED) is 0.221. The second kappa shape index (κ2) is 14.2. The van der Waals surface area contributed by atoms with Crippen molar-refractivity contribution in [1.82, 2.24) is 20.7 Å². The first-order valence-electron chi connectivity index (χ1n) is 14.8. The van der Waals surface area contributed by atoms with Crippen LogP contribution in [0.2, 0.25) is 0 Å². The Labute approximate surface area is 256 Å². The van der Waals surface area contributed by atoms with Gasteiger partial charge in [-0.1, -0.05) is 37.3 Å². The Morgan fingerprint density at radius 1 is 1.14 bits per heavy atom. The topological polar surface area (TPSA) is 130 Å². The molecule has 1 amide bonds. The summed E-state index contributed by atoms with van der Waals surface area (Å²) >= 11 is 0. The number of hydrogen-bond donors (Lipinski definition) is 3. The molecule has 5 rings (SSSR count). The molecular weight excluding hydrogens is 599 g/mol. The van der Waals surface area contributed by atoms with Crippen LogP contribution >= 0.6 is 0 Å². The molecule has 2 bridgehead atoms. The molecule has 1 saturated carbocycles. The van der Waals surface area contributed by atoms with E-state index < -0.39 is 46.1 Å². The Balaban J connectivity index is 1.72. The summed E-state index contributed by atoms with van der Waals surface area (Å²) in [5, 5.41) is 7.74. The Bertz CT molecular complexity index is 1390. The monoisotopic (exact) mass is 639 g/mol. The molecule has 2 saturated heterocycles. The standard InChI is InChI=1S/C30H40F3N5O5S/c1-4-19(2)38(37-28(39)22-14-15-34-25(17-22)35-18-44(3,41)42)24(16-20-8-6-5-7-9-20)27(43-29(40)30(31,32)33)26-21-10-12-23(36-26)13-11-21/h5-9,14-15,17,19,21,23-24,26-27,36H,4,10-13,16,18H2,1-3H3,(H,34,35)(H,37,39)/t19-,21-,23-,24-,26+,27+/m0/s1. The summed E-state index contributed by atoms with van der Waals surface area (Å²) in [7, 11) is -3.36. The average molecular weight is 640 g/mol. The van der Waals surface area contributed by atoms with Gasteiger partial charge in [-0.2, -0.15) is 13.2 Å². The number of halogens is 3. The third kappa shape index (κ3) is 8.91. The van der Waals surface area contributed by atoms with E-state index in [1.165, 1.54) is 18.3 Å². The number of sulfone groups is 1. The summed E-state index contributed by atoms with van der Waals surface area (Å²) in [6, 6.07) is 10.3. The van der Waals surface area contributed by atoms with Crippen molar-refractivity contribution in [1.29, 1.82) is 0 Å². The molecule has 1 aliphatic carbocycles. The van der Waals surface area contributed by atoms with Gasteiger partial charge in [0.1, 0.15) is 17.8 Å². The lowest BCUT2D eigenvalue weighted by Gasteiger charge is -2.50. The van der Waals surface area contributed by atoms with Crippen LogP contribution in [0.3, 0.4) is 0 Å². The summed E-state index contributed by atoms with van der Waals surface area (Å²) in [4.78, 5) is 30.2. The van der Waals surface area contributed by atoms with Crippen molar-refractivity contribution in [3.8, 4) is 0 Å². The van der Waals surface area contributed by atoms with Gasteiger partial charge in [-0.15, -0.1) is 0 Å². The van der Waals surface area contributed by atoms with Crippen LogP contribution in [0, 0.1) is 5.92 Å². The van der Waals surface area contributed by atoms with Gasteiger partial charge in [-0.05, 0) is 69.1 Å². The third-order valence-corrected chi connectivity index (χ3v) is 9.06. The number of amides is 1. The molecule has 1 aromatic carbocycles. The van der Waals surface area contributed by atoms with E-state index in [9.17, 15) is 31.2 Å². The van der Waals surface area contributed by atoms with Crippen molar-refractivity contribution in [3.63, 3.8) is 0 Å². The molecule has 2 aliphatic heterocycles. The van der Waals surface area contributed by atoms with E-state index in [2.05, 4.69) is 21.0 Å². The Morgan fingerprint density at radius 3 is 2.39 bits per heavy atom. The number of ether oxygens (including phenoxy) is 1. The largest absolute Gasteiger partial charge is 0.490 e. The van der Waals surface area contributed by atoms with Gasteiger partial charge in [0.25, 0.3) is 5.91 Å². The van der Waals surface area contributed by atoms with E-state index in [4.69, 9.17) is 4.74 Å². The number of aromatic nitrogens is 1. The van der Waals surface area contributed by atoms with Crippen molar-refractivity contribution in [2.45, 2.75) is 88.8 Å². The third-order valence-electron chi connectivity index (χ3n) is 8.39. The summed E-state index contributed by atoms with van der Waals surface area (Å²) in [5.74, 6) is -3.06. The number of alkyl halides is 3. The summed E-state index contributed by atoms with van der Waals surface area (Å²) in [5.41, 5.74) is 3.85. The van der Waals surface area contributed by atoms with Gasteiger partial charge >= 0.3 is 12.1 Å². The minimum Gasteiger partial charge on any atom is -0.452 e. The first-order chi connectivity index (χ1) is 20.7. The van der Waals surface area contributed by atoms with Gasteiger partial charge in [-0.25, -0.2) is 23.2 Å². The maximum atomic E-state index is 13.7. The molecule has 1 aromatic heterocycles. The number of fused-ring (bicyclic) bond motifs is 3. The number of pyridine rings is 1. The van der Waals surface area contributed by atoms with Crippen molar-refractivity contribution >= 4 is 27.5 Å². The second-order valence-electron chi connectivity index (χ2n) is 11.7. The summed E-state index contributed by atoms with van der Waals surface area (Å²) in [6.07, 6.45) is 0.0838. The molecule has 10 nitrogen and oxygen atoms in total. The molecule has 0 spiro atoms. The Kier molecular flexibility index (Phi) is 10.9. The van der Waals surface area contributed by atoms with Crippen molar-refractivity contribution in [3.05, 3.63) is 59.8 Å². The fourth-order valence-electron chi connectivity index (χ4n) is 6.00. The molecule has 4 atom stereocenters. The predicted octanol–water partition coefficient (Wildman–Crippen LogP) is 3.86. The number of esters is 1. The molecule has 3 heterocycles. The molecular formula is C30H40F3N5O5S. The number of hydrazine groups is 1. The van der Waals surface area contributed by atoms with E-state index >= 15 is 0 Å². The van der Waals surface area contributed by atoms with Crippen LogP contribution in [0.15, 0.2) is 48.7 Å². The molecule has 242 valence electrons. The minimum atomic E-state index is -5.19. The number of piperidine rings is 2. The smallest absolute Gasteiger partial charge is 0.452 e. The van der Waals surface area contributed by atoms with Gasteiger partial charge in [-0.3, -0.25) is 10.2 Å². The highest BCUT2D eigenvalue weighted by Gasteiger charge is 2.50. The van der Waals surface area contributed by atoms with Crippen molar-refractivity contribution in [2.75, 3.05) is 17.4 Å². The van der Waals surface area contributed by atoms with Gasteiger partial charge in [0.05, 0.1) is 6.04 Å². The van der Waals surface area contributed by atoms with Crippen LogP contribution < -0.4 is 16.1 Å². The Morgan fingerprint density at radius 2 is 1.82 bits per heavy atom. The van der Waals surface area contributed by atoms with Gasteiger partial charge in [0.2, 0.25) is 0 Å². The molecule has 2 aromatic rings. The van der Waals surface area contributed by atoms with Crippen LogP contribution in [-0.2, 0) is 25.8 Å². The second-order valence-corrected chi connectivity index (χ2v) is 13.9. The van der Waals surface area contributed by atoms with Crippen LogP contribution in [0.1, 0.15) is 61.9 Å². The summed E-state index contributed by atoms with van der Waals surface area (Å²) < 4.78 is 69.6. The molecule has 14 heteroatoms. The lowest BCUT2D eigenvalue weighted by atomic mass is 9.73. The van der Waals surface area contributed by atoms with Crippen LogP contribution in [0.25, 0.3) is 0 Å².